The standard InChI is InChI=1S/C17H19BrN2O2/c1-2-22-17(21)15-14(11-7-9-13(18)10-8-11)19-16(20-15)12-5-3-4-6-12/h7-10,12H,2-6H2,1H3,(H,19,20). The number of aromatic amines is 1. The first-order valence-electron chi connectivity index (χ1n) is 7.72. The monoisotopic (exact) mass is 362 g/mol. The maximum absolute atomic E-state index is 12.2. The predicted molar refractivity (Wildman–Crippen MR) is 88.9 cm³/mol. The third-order valence-electron chi connectivity index (χ3n) is 4.06. The lowest BCUT2D eigenvalue weighted by molar-refractivity contribution is 0.0521. The quantitative estimate of drug-likeness (QED) is 0.803. The van der Waals surface area contributed by atoms with E-state index in [1.54, 1.807) is 0 Å². The van der Waals surface area contributed by atoms with Gasteiger partial charge in [-0.25, -0.2) is 9.78 Å². The van der Waals surface area contributed by atoms with E-state index in [1.165, 1.54) is 12.8 Å². The molecule has 4 nitrogen and oxygen atoms in total. The van der Waals surface area contributed by atoms with Gasteiger partial charge in [-0.15, -0.1) is 0 Å². The summed E-state index contributed by atoms with van der Waals surface area (Å²) in [4.78, 5) is 20.2. The van der Waals surface area contributed by atoms with Gasteiger partial charge in [0.1, 0.15) is 11.5 Å². The predicted octanol–water partition coefficient (Wildman–Crippen LogP) is 4.67. The molecule has 1 aromatic heterocycles. The first-order valence-corrected chi connectivity index (χ1v) is 8.51. The normalized spacial score (nSPS) is 15.2. The molecule has 1 N–H and O–H groups in total. The van der Waals surface area contributed by atoms with Gasteiger partial charge in [0.25, 0.3) is 0 Å². The van der Waals surface area contributed by atoms with Crippen molar-refractivity contribution in [2.45, 2.75) is 38.5 Å². The molecule has 0 bridgehead atoms. The van der Waals surface area contributed by atoms with Crippen molar-refractivity contribution in [2.24, 2.45) is 0 Å². The second-order valence-electron chi connectivity index (χ2n) is 5.55. The van der Waals surface area contributed by atoms with Gasteiger partial charge >= 0.3 is 5.97 Å². The van der Waals surface area contributed by atoms with Crippen molar-refractivity contribution < 1.29 is 9.53 Å². The Kier molecular flexibility index (Phi) is 4.62. The number of aromatic nitrogens is 2. The Morgan fingerprint density at radius 2 is 2.00 bits per heavy atom. The fourth-order valence-corrected chi connectivity index (χ4v) is 3.22. The van der Waals surface area contributed by atoms with E-state index in [0.717, 1.165) is 28.7 Å². The van der Waals surface area contributed by atoms with Crippen molar-refractivity contribution in [3.63, 3.8) is 0 Å². The Labute approximate surface area is 138 Å². The number of esters is 1. The van der Waals surface area contributed by atoms with Crippen LogP contribution in [0.1, 0.15) is 54.8 Å². The van der Waals surface area contributed by atoms with Crippen molar-refractivity contribution in [1.82, 2.24) is 9.97 Å². The number of carbonyl (C=O) groups excluding carboxylic acids is 1. The van der Waals surface area contributed by atoms with Crippen molar-refractivity contribution >= 4 is 21.9 Å². The molecule has 0 unspecified atom stereocenters. The van der Waals surface area contributed by atoms with Crippen molar-refractivity contribution in [3.8, 4) is 11.3 Å². The largest absolute Gasteiger partial charge is 0.461 e. The van der Waals surface area contributed by atoms with Crippen LogP contribution in [0.5, 0.6) is 0 Å². The molecule has 0 saturated heterocycles. The highest BCUT2D eigenvalue weighted by molar-refractivity contribution is 9.10. The summed E-state index contributed by atoms with van der Waals surface area (Å²) in [6.07, 6.45) is 4.73. The van der Waals surface area contributed by atoms with Crippen LogP contribution >= 0.6 is 15.9 Å². The number of ether oxygens (including phenoxy) is 1. The Morgan fingerprint density at radius 3 is 2.64 bits per heavy atom. The maximum atomic E-state index is 12.2. The number of hydrogen-bond acceptors (Lipinski definition) is 3. The van der Waals surface area contributed by atoms with Crippen molar-refractivity contribution in [1.29, 1.82) is 0 Å². The summed E-state index contributed by atoms with van der Waals surface area (Å²) >= 11 is 3.43. The van der Waals surface area contributed by atoms with Gasteiger partial charge in [0, 0.05) is 16.0 Å². The summed E-state index contributed by atoms with van der Waals surface area (Å²) in [5.41, 5.74) is 2.07. The van der Waals surface area contributed by atoms with E-state index in [-0.39, 0.29) is 5.97 Å². The number of imidazole rings is 1. The highest BCUT2D eigenvalue weighted by atomic mass is 79.9. The number of benzene rings is 1. The average molecular weight is 363 g/mol. The fraction of sp³-hybridized carbons (Fsp3) is 0.412. The van der Waals surface area contributed by atoms with E-state index in [9.17, 15) is 4.79 Å². The van der Waals surface area contributed by atoms with Crippen LogP contribution in [0.4, 0.5) is 0 Å². The van der Waals surface area contributed by atoms with E-state index in [0.29, 0.717) is 23.9 Å². The van der Waals surface area contributed by atoms with Gasteiger partial charge in [0.2, 0.25) is 0 Å². The van der Waals surface area contributed by atoms with Crippen LogP contribution in [0, 0.1) is 0 Å². The number of halogens is 1. The zero-order chi connectivity index (χ0) is 15.5. The molecule has 0 atom stereocenters. The Morgan fingerprint density at radius 1 is 1.32 bits per heavy atom. The third-order valence-corrected chi connectivity index (χ3v) is 4.59. The Balaban J connectivity index is 2.01. The lowest BCUT2D eigenvalue weighted by Crippen LogP contribution is -2.07. The molecule has 1 aliphatic carbocycles. The molecule has 116 valence electrons. The summed E-state index contributed by atoms with van der Waals surface area (Å²) in [5.74, 6) is 1.01. The zero-order valence-electron chi connectivity index (χ0n) is 12.6. The first-order chi connectivity index (χ1) is 10.7. The fourth-order valence-electron chi connectivity index (χ4n) is 2.95. The van der Waals surface area contributed by atoms with Gasteiger partial charge in [-0.3, -0.25) is 0 Å². The van der Waals surface area contributed by atoms with E-state index in [2.05, 4.69) is 20.9 Å². The molecule has 2 aromatic rings. The third kappa shape index (κ3) is 3.09. The average Bonchev–Trinajstić information content (AvgIpc) is 3.17. The number of nitrogens with zero attached hydrogens (tertiary/aromatic N) is 1. The van der Waals surface area contributed by atoms with Crippen LogP contribution in [0.15, 0.2) is 28.7 Å². The molecule has 1 aromatic carbocycles. The molecule has 5 heteroatoms. The minimum absolute atomic E-state index is 0.336. The van der Waals surface area contributed by atoms with Crippen LogP contribution in [-0.2, 0) is 4.74 Å². The van der Waals surface area contributed by atoms with Crippen LogP contribution in [-0.4, -0.2) is 22.5 Å². The van der Waals surface area contributed by atoms with Crippen LogP contribution in [0.3, 0.4) is 0 Å². The molecule has 1 saturated carbocycles. The van der Waals surface area contributed by atoms with E-state index in [1.807, 2.05) is 31.2 Å². The van der Waals surface area contributed by atoms with Crippen LogP contribution < -0.4 is 0 Å². The van der Waals surface area contributed by atoms with E-state index < -0.39 is 0 Å². The number of hydrogen-bond donors (Lipinski definition) is 1. The lowest BCUT2D eigenvalue weighted by atomic mass is 10.1. The minimum atomic E-state index is -0.336. The van der Waals surface area contributed by atoms with Gasteiger partial charge in [0.05, 0.1) is 6.61 Å². The smallest absolute Gasteiger partial charge is 0.357 e. The Hall–Kier alpha value is -1.62. The highest BCUT2D eigenvalue weighted by Crippen LogP contribution is 2.35. The van der Waals surface area contributed by atoms with Gasteiger partial charge in [-0.05, 0) is 31.9 Å². The van der Waals surface area contributed by atoms with Gasteiger partial charge in [-0.1, -0.05) is 40.9 Å². The second-order valence-corrected chi connectivity index (χ2v) is 6.47. The molecule has 0 aliphatic heterocycles. The lowest BCUT2D eigenvalue weighted by Gasteiger charge is -2.03. The summed E-state index contributed by atoms with van der Waals surface area (Å²) < 4.78 is 6.17. The zero-order valence-corrected chi connectivity index (χ0v) is 14.1. The molecule has 0 amide bonds. The van der Waals surface area contributed by atoms with Crippen molar-refractivity contribution in [3.05, 3.63) is 40.3 Å². The Bertz CT molecular complexity index is 658. The van der Waals surface area contributed by atoms with Crippen LogP contribution in [0.25, 0.3) is 11.3 Å². The number of carbonyl (C=O) groups is 1. The van der Waals surface area contributed by atoms with E-state index >= 15 is 0 Å². The molecule has 1 fully saturated rings. The van der Waals surface area contributed by atoms with Crippen LogP contribution in [0.2, 0.25) is 0 Å². The topological polar surface area (TPSA) is 55.0 Å². The van der Waals surface area contributed by atoms with Gasteiger partial charge in [0.15, 0.2) is 5.69 Å². The second kappa shape index (κ2) is 6.65. The van der Waals surface area contributed by atoms with Gasteiger partial charge < -0.3 is 9.72 Å². The molecule has 1 aliphatic rings. The molecular formula is C17H19BrN2O2. The summed E-state index contributed by atoms with van der Waals surface area (Å²) in [5, 5.41) is 0. The molecule has 1 heterocycles. The van der Waals surface area contributed by atoms with Gasteiger partial charge in [-0.2, -0.15) is 0 Å². The maximum Gasteiger partial charge on any atom is 0.357 e. The summed E-state index contributed by atoms with van der Waals surface area (Å²) in [6, 6.07) is 7.82. The summed E-state index contributed by atoms with van der Waals surface area (Å²) in [6.45, 7) is 2.17. The number of H-pyrrole nitrogens is 1. The molecule has 0 radical (unpaired) electrons. The number of rotatable bonds is 4. The SMILES string of the molecule is CCOC(=O)c1[nH]c(C2CCCC2)nc1-c1ccc(Br)cc1. The molecule has 3 rings (SSSR count). The molecule has 22 heavy (non-hydrogen) atoms. The number of nitrogens with one attached hydrogen (secondary N) is 1. The first kappa shape index (κ1) is 15.3. The van der Waals surface area contributed by atoms with Crippen molar-refractivity contribution in [2.75, 3.05) is 6.61 Å². The minimum Gasteiger partial charge on any atom is -0.461 e. The molecule has 0 spiro atoms. The summed E-state index contributed by atoms with van der Waals surface area (Å²) in [7, 11) is 0. The van der Waals surface area contributed by atoms with E-state index in [4.69, 9.17) is 9.72 Å². The highest BCUT2D eigenvalue weighted by Gasteiger charge is 2.25. The molecular weight excluding hydrogens is 344 g/mol.